The van der Waals surface area contributed by atoms with Crippen LogP contribution in [0.1, 0.15) is 28.6 Å². The molecule has 1 heterocycles. The molecule has 6 heteroatoms. The summed E-state index contributed by atoms with van der Waals surface area (Å²) in [5.41, 5.74) is 0.403. The Hall–Kier alpha value is -1.14. The Morgan fingerprint density at radius 1 is 1.57 bits per heavy atom. The molecule has 1 saturated carbocycles. The monoisotopic (exact) mass is 197 g/mol. The third kappa shape index (κ3) is 1.58. The molecule has 74 valence electrons. The van der Waals surface area contributed by atoms with Crippen LogP contribution in [0.3, 0.4) is 0 Å². The van der Waals surface area contributed by atoms with Crippen LogP contribution >= 0.6 is 0 Å². The van der Waals surface area contributed by atoms with Crippen molar-refractivity contribution in [1.29, 1.82) is 0 Å². The Labute approximate surface area is 86.1 Å². The highest BCUT2D eigenvalue weighted by Gasteiger charge is 2.33. The number of hydrogen-bond acceptors (Lipinski definition) is 5. The highest BCUT2D eigenvalue weighted by molar-refractivity contribution is 6.60. The van der Waals surface area contributed by atoms with Crippen LogP contribution in [0.2, 0.25) is 0 Å². The SMILES string of the molecule is [2H]C([2H])([2H])Oc1ncnc(C2CC2)c1B(O)O. The van der Waals surface area contributed by atoms with Crippen LogP contribution in [0.5, 0.6) is 5.88 Å². The average Bonchev–Trinajstić information content (AvgIpc) is 2.96. The Morgan fingerprint density at radius 3 is 2.93 bits per heavy atom. The molecule has 1 aromatic heterocycles. The largest absolute Gasteiger partial charge is 0.495 e. The Bertz CT molecular complexity index is 423. The molecule has 1 aliphatic rings. The minimum absolute atomic E-state index is 0.0499. The van der Waals surface area contributed by atoms with Gasteiger partial charge in [-0.2, -0.15) is 0 Å². The number of methoxy groups -OCH3 is 1. The van der Waals surface area contributed by atoms with Gasteiger partial charge in [0.1, 0.15) is 6.33 Å². The van der Waals surface area contributed by atoms with E-state index in [0.717, 1.165) is 12.8 Å². The van der Waals surface area contributed by atoms with Crippen molar-refractivity contribution in [2.45, 2.75) is 18.8 Å². The van der Waals surface area contributed by atoms with Gasteiger partial charge < -0.3 is 14.8 Å². The van der Waals surface area contributed by atoms with Gasteiger partial charge in [-0.15, -0.1) is 0 Å². The van der Waals surface area contributed by atoms with Gasteiger partial charge >= 0.3 is 7.12 Å². The molecule has 0 amide bonds. The van der Waals surface area contributed by atoms with E-state index >= 15 is 0 Å². The molecule has 0 aliphatic heterocycles. The Kier molecular flexibility index (Phi) is 1.61. The van der Waals surface area contributed by atoms with Gasteiger partial charge in [0, 0.05) is 5.92 Å². The molecule has 14 heavy (non-hydrogen) atoms. The van der Waals surface area contributed by atoms with Gasteiger partial charge in [0.15, 0.2) is 0 Å². The minimum Gasteiger partial charge on any atom is -0.481 e. The average molecular weight is 197 g/mol. The molecule has 5 nitrogen and oxygen atoms in total. The molecule has 0 atom stereocenters. The Balaban J connectivity index is 2.40. The van der Waals surface area contributed by atoms with Crippen molar-refractivity contribution in [1.82, 2.24) is 9.97 Å². The zero-order valence-electron chi connectivity index (χ0n) is 10.3. The zero-order chi connectivity index (χ0) is 12.6. The van der Waals surface area contributed by atoms with Crippen molar-refractivity contribution < 1.29 is 18.9 Å². The number of rotatable bonds is 3. The fourth-order valence-corrected chi connectivity index (χ4v) is 1.40. The van der Waals surface area contributed by atoms with Crippen LogP contribution in [-0.4, -0.2) is 34.2 Å². The third-order valence-corrected chi connectivity index (χ3v) is 2.20. The van der Waals surface area contributed by atoms with E-state index in [0.29, 0.717) is 5.69 Å². The van der Waals surface area contributed by atoms with Crippen molar-refractivity contribution >= 4 is 12.6 Å². The van der Waals surface area contributed by atoms with Gasteiger partial charge in [0.2, 0.25) is 5.88 Å². The first kappa shape index (κ1) is 6.37. The van der Waals surface area contributed by atoms with Gasteiger partial charge in [0.25, 0.3) is 0 Å². The topological polar surface area (TPSA) is 75.5 Å². The summed E-state index contributed by atoms with van der Waals surface area (Å²) in [6.07, 6.45) is 2.95. The lowest BCUT2D eigenvalue weighted by Gasteiger charge is -2.09. The fraction of sp³-hybridized carbons (Fsp3) is 0.500. The fourth-order valence-electron chi connectivity index (χ4n) is 1.40. The summed E-state index contributed by atoms with van der Waals surface area (Å²) >= 11 is 0. The highest BCUT2D eigenvalue weighted by atomic mass is 16.5. The van der Waals surface area contributed by atoms with E-state index in [-0.39, 0.29) is 17.3 Å². The van der Waals surface area contributed by atoms with Crippen LogP contribution in [0.15, 0.2) is 6.33 Å². The van der Waals surface area contributed by atoms with Crippen LogP contribution in [0.25, 0.3) is 0 Å². The summed E-state index contributed by atoms with van der Waals surface area (Å²) in [5, 5.41) is 18.5. The molecular weight excluding hydrogens is 183 g/mol. The molecule has 0 radical (unpaired) electrons. The van der Waals surface area contributed by atoms with Crippen LogP contribution in [0, 0.1) is 0 Å². The molecule has 1 aliphatic carbocycles. The summed E-state index contributed by atoms with van der Waals surface area (Å²) in [6, 6.07) is 0. The molecule has 0 spiro atoms. The van der Waals surface area contributed by atoms with Gasteiger partial charge in [-0.25, -0.2) is 9.97 Å². The molecule has 0 unspecified atom stereocenters. The maximum Gasteiger partial charge on any atom is 0.495 e. The highest BCUT2D eigenvalue weighted by Crippen LogP contribution is 2.38. The molecule has 1 aromatic rings. The summed E-state index contributed by atoms with van der Waals surface area (Å²) in [5.74, 6) is -0.161. The molecule has 1 fully saturated rings. The first-order valence-corrected chi connectivity index (χ1v) is 4.28. The first-order chi connectivity index (χ1) is 7.88. The van der Waals surface area contributed by atoms with Gasteiger partial charge in [-0.05, 0) is 12.8 Å². The lowest BCUT2D eigenvalue weighted by atomic mass is 9.78. The molecule has 0 saturated heterocycles. The van der Waals surface area contributed by atoms with Crippen LogP contribution in [0.4, 0.5) is 0 Å². The van der Waals surface area contributed by atoms with Crippen LogP contribution in [-0.2, 0) is 0 Å². The van der Waals surface area contributed by atoms with E-state index in [1.165, 1.54) is 6.33 Å². The number of nitrogens with zero attached hydrogens (tertiary/aromatic N) is 2. The Morgan fingerprint density at radius 2 is 2.36 bits per heavy atom. The standard InChI is InChI=1S/C8H11BN2O3/c1-14-8-6(9(12)13)7(5-2-3-5)10-4-11-8/h4-5,12-13H,2-3H2,1H3/i1D3. The van der Waals surface area contributed by atoms with Crippen molar-refractivity contribution in [3.8, 4) is 5.88 Å². The maximum absolute atomic E-state index is 9.27. The molecular formula is C8H11BN2O3. The third-order valence-electron chi connectivity index (χ3n) is 2.20. The smallest absolute Gasteiger partial charge is 0.481 e. The van der Waals surface area contributed by atoms with Crippen molar-refractivity contribution in [3.05, 3.63) is 12.0 Å². The second-order valence-electron chi connectivity index (χ2n) is 3.23. The number of ether oxygens (including phenoxy) is 1. The van der Waals surface area contributed by atoms with E-state index in [1.54, 1.807) is 0 Å². The van der Waals surface area contributed by atoms with E-state index in [2.05, 4.69) is 14.7 Å². The molecule has 0 bridgehead atoms. The minimum atomic E-state index is -2.68. The first-order valence-electron chi connectivity index (χ1n) is 5.78. The molecule has 2 rings (SSSR count). The quantitative estimate of drug-likeness (QED) is 0.610. The van der Waals surface area contributed by atoms with E-state index in [1.807, 2.05) is 0 Å². The lowest BCUT2D eigenvalue weighted by Crippen LogP contribution is -2.35. The normalized spacial score (nSPS) is 19.4. The van der Waals surface area contributed by atoms with Gasteiger partial charge in [-0.1, -0.05) is 0 Å². The van der Waals surface area contributed by atoms with Crippen molar-refractivity contribution in [2.24, 2.45) is 0 Å². The van der Waals surface area contributed by atoms with E-state index in [4.69, 9.17) is 4.11 Å². The van der Waals surface area contributed by atoms with Gasteiger partial charge in [-0.3, -0.25) is 0 Å². The van der Waals surface area contributed by atoms with Crippen LogP contribution < -0.4 is 10.2 Å². The second kappa shape index (κ2) is 3.55. The molecule has 0 aromatic carbocycles. The lowest BCUT2D eigenvalue weighted by molar-refractivity contribution is 0.389. The zero-order valence-corrected chi connectivity index (χ0v) is 7.34. The summed E-state index contributed by atoms with van der Waals surface area (Å²) < 4.78 is 25.6. The predicted molar refractivity (Wildman–Crippen MR) is 50.4 cm³/mol. The van der Waals surface area contributed by atoms with Crippen molar-refractivity contribution in [2.75, 3.05) is 7.04 Å². The summed E-state index contributed by atoms with van der Waals surface area (Å²) in [6.45, 7) is 0. The van der Waals surface area contributed by atoms with Gasteiger partial charge in [0.05, 0.1) is 22.3 Å². The summed E-state index contributed by atoms with van der Waals surface area (Å²) in [7, 11) is -4.53. The number of aromatic nitrogens is 2. The second-order valence-corrected chi connectivity index (χ2v) is 3.23. The number of hydrogen-bond donors (Lipinski definition) is 2. The maximum atomic E-state index is 9.27. The van der Waals surface area contributed by atoms with E-state index < -0.39 is 14.2 Å². The van der Waals surface area contributed by atoms with Crippen molar-refractivity contribution in [3.63, 3.8) is 0 Å². The molecule has 2 N–H and O–H groups in total. The summed E-state index contributed by atoms with van der Waals surface area (Å²) in [4.78, 5) is 7.60. The predicted octanol–water partition coefficient (Wildman–Crippen LogP) is -0.958. The van der Waals surface area contributed by atoms with E-state index in [9.17, 15) is 10.0 Å².